The molecule has 1 heterocycles. The van der Waals surface area contributed by atoms with Gasteiger partial charge in [-0.1, -0.05) is 6.07 Å². The Bertz CT molecular complexity index is 1530. The van der Waals surface area contributed by atoms with E-state index in [-0.39, 0.29) is 39.5 Å². The highest BCUT2D eigenvalue weighted by Crippen LogP contribution is 2.38. The van der Waals surface area contributed by atoms with Crippen molar-refractivity contribution in [1.29, 1.82) is 0 Å². The van der Waals surface area contributed by atoms with E-state index in [9.17, 15) is 40.2 Å². The van der Waals surface area contributed by atoms with Gasteiger partial charge in [-0.25, -0.2) is 4.79 Å². The highest BCUT2D eigenvalue weighted by atomic mass is 16.5. The van der Waals surface area contributed by atoms with Crippen LogP contribution in [0.25, 0.3) is 28.4 Å². The lowest BCUT2D eigenvalue weighted by atomic mass is 10.1. The van der Waals surface area contributed by atoms with Gasteiger partial charge >= 0.3 is 5.97 Å². The molecule has 4 aromatic rings. The predicted octanol–water partition coefficient (Wildman–Crippen LogP) is 3.31. The SMILES string of the molecule is O=C(C=Cc1ccc(O)c(O)c1)Oc1cc(O)c2c(=O)c(O)c(-c3ccc(O)c(O)c3)oc2c1. The van der Waals surface area contributed by atoms with Crippen LogP contribution in [-0.2, 0) is 4.79 Å². The molecule has 0 aliphatic rings. The summed E-state index contributed by atoms with van der Waals surface area (Å²) in [6, 6.07) is 9.54. The Morgan fingerprint density at radius 3 is 2.15 bits per heavy atom. The number of phenols is 5. The first kappa shape index (κ1) is 22.1. The summed E-state index contributed by atoms with van der Waals surface area (Å²) in [7, 11) is 0. The average molecular weight is 464 g/mol. The normalized spacial score (nSPS) is 11.2. The van der Waals surface area contributed by atoms with Crippen LogP contribution in [0.1, 0.15) is 5.56 Å². The Balaban J connectivity index is 1.69. The largest absolute Gasteiger partial charge is 0.507 e. The van der Waals surface area contributed by atoms with E-state index in [0.717, 1.165) is 30.3 Å². The van der Waals surface area contributed by atoms with E-state index in [4.69, 9.17) is 9.15 Å². The Labute approximate surface area is 190 Å². The molecule has 0 bridgehead atoms. The zero-order valence-electron chi connectivity index (χ0n) is 17.1. The first-order chi connectivity index (χ1) is 16.1. The third-order valence-corrected chi connectivity index (χ3v) is 4.79. The molecule has 6 N–H and O–H groups in total. The van der Waals surface area contributed by atoms with E-state index >= 15 is 0 Å². The van der Waals surface area contributed by atoms with E-state index in [0.29, 0.717) is 5.56 Å². The Morgan fingerprint density at radius 2 is 1.47 bits per heavy atom. The van der Waals surface area contributed by atoms with Crippen molar-refractivity contribution in [3.8, 4) is 51.6 Å². The molecule has 0 saturated carbocycles. The van der Waals surface area contributed by atoms with Crippen molar-refractivity contribution in [1.82, 2.24) is 0 Å². The van der Waals surface area contributed by atoms with Crippen molar-refractivity contribution in [2.24, 2.45) is 0 Å². The predicted molar refractivity (Wildman–Crippen MR) is 119 cm³/mol. The fraction of sp³-hybridized carbons (Fsp3) is 0. The molecule has 0 radical (unpaired) electrons. The number of hydrogen-bond donors (Lipinski definition) is 6. The van der Waals surface area contributed by atoms with E-state index in [1.807, 2.05) is 0 Å². The molecule has 0 aliphatic heterocycles. The molecule has 172 valence electrons. The van der Waals surface area contributed by atoms with Gasteiger partial charge < -0.3 is 39.8 Å². The molecule has 0 aliphatic carbocycles. The Morgan fingerprint density at radius 1 is 0.794 bits per heavy atom. The molecule has 0 amide bonds. The van der Waals surface area contributed by atoms with Crippen molar-refractivity contribution >= 4 is 23.0 Å². The van der Waals surface area contributed by atoms with Crippen molar-refractivity contribution in [3.05, 3.63) is 70.4 Å². The summed E-state index contributed by atoms with van der Waals surface area (Å²) in [6.07, 6.45) is 2.35. The highest BCUT2D eigenvalue weighted by Gasteiger charge is 2.20. The summed E-state index contributed by atoms with van der Waals surface area (Å²) in [5.41, 5.74) is -0.725. The van der Waals surface area contributed by atoms with Crippen molar-refractivity contribution < 1.29 is 44.6 Å². The Hall–Kier alpha value is -5.12. The third-order valence-electron chi connectivity index (χ3n) is 4.79. The number of aromatic hydroxyl groups is 6. The van der Waals surface area contributed by atoms with Crippen molar-refractivity contribution in [2.45, 2.75) is 0 Å². The highest BCUT2D eigenvalue weighted by molar-refractivity contribution is 5.91. The van der Waals surface area contributed by atoms with Gasteiger partial charge in [0.2, 0.25) is 11.2 Å². The number of benzene rings is 3. The zero-order valence-corrected chi connectivity index (χ0v) is 17.1. The van der Waals surface area contributed by atoms with Crippen LogP contribution in [0.5, 0.6) is 40.2 Å². The monoisotopic (exact) mass is 464 g/mol. The number of carbonyl (C=O) groups excluding carboxylic acids is 1. The van der Waals surface area contributed by atoms with Crippen LogP contribution in [-0.4, -0.2) is 36.6 Å². The van der Waals surface area contributed by atoms with Gasteiger partial charge in [0.25, 0.3) is 0 Å². The number of esters is 1. The van der Waals surface area contributed by atoms with Crippen LogP contribution in [0.15, 0.2) is 63.8 Å². The molecule has 0 atom stereocenters. The van der Waals surface area contributed by atoms with E-state index in [2.05, 4.69) is 0 Å². The maximum atomic E-state index is 12.6. The second kappa shape index (κ2) is 8.43. The molecular formula is C24H16O10. The quantitative estimate of drug-likeness (QED) is 0.114. The molecule has 0 fully saturated rings. The van der Waals surface area contributed by atoms with Gasteiger partial charge in [0.15, 0.2) is 28.8 Å². The molecule has 0 spiro atoms. The molecule has 3 aromatic carbocycles. The third kappa shape index (κ3) is 4.15. The van der Waals surface area contributed by atoms with Gasteiger partial charge in [-0.3, -0.25) is 4.79 Å². The van der Waals surface area contributed by atoms with Crippen LogP contribution in [0.2, 0.25) is 0 Å². The number of fused-ring (bicyclic) bond motifs is 1. The van der Waals surface area contributed by atoms with E-state index < -0.39 is 34.4 Å². The second-order valence-corrected chi connectivity index (χ2v) is 7.13. The van der Waals surface area contributed by atoms with Crippen LogP contribution in [0, 0.1) is 0 Å². The number of phenolic OH excluding ortho intramolecular Hbond substituents is 5. The van der Waals surface area contributed by atoms with Crippen LogP contribution >= 0.6 is 0 Å². The molecule has 0 unspecified atom stereocenters. The van der Waals surface area contributed by atoms with Gasteiger partial charge in [0.1, 0.15) is 22.5 Å². The number of hydrogen-bond acceptors (Lipinski definition) is 10. The van der Waals surface area contributed by atoms with Gasteiger partial charge in [-0.15, -0.1) is 0 Å². The number of ether oxygens (including phenoxy) is 1. The van der Waals surface area contributed by atoms with Crippen LogP contribution in [0.3, 0.4) is 0 Å². The maximum Gasteiger partial charge on any atom is 0.336 e. The summed E-state index contributed by atoms with van der Waals surface area (Å²) in [5.74, 6) is -4.46. The lowest BCUT2D eigenvalue weighted by Crippen LogP contribution is -2.06. The number of carbonyl (C=O) groups is 1. The summed E-state index contributed by atoms with van der Waals surface area (Å²) in [5, 5.41) is 58.2. The van der Waals surface area contributed by atoms with Crippen LogP contribution in [0.4, 0.5) is 0 Å². The minimum atomic E-state index is -0.966. The summed E-state index contributed by atoms with van der Waals surface area (Å²) in [4.78, 5) is 24.8. The minimum absolute atomic E-state index is 0.0637. The smallest absolute Gasteiger partial charge is 0.336 e. The molecule has 10 nitrogen and oxygen atoms in total. The first-order valence-corrected chi connectivity index (χ1v) is 9.61. The van der Waals surface area contributed by atoms with Gasteiger partial charge in [-0.2, -0.15) is 0 Å². The number of rotatable bonds is 4. The minimum Gasteiger partial charge on any atom is -0.507 e. The second-order valence-electron chi connectivity index (χ2n) is 7.13. The summed E-state index contributed by atoms with van der Waals surface area (Å²) >= 11 is 0. The molecule has 4 rings (SSSR count). The fourth-order valence-corrected chi connectivity index (χ4v) is 3.14. The maximum absolute atomic E-state index is 12.6. The Kier molecular flexibility index (Phi) is 5.48. The summed E-state index contributed by atoms with van der Waals surface area (Å²) in [6.45, 7) is 0. The van der Waals surface area contributed by atoms with Gasteiger partial charge in [0.05, 0.1) is 0 Å². The summed E-state index contributed by atoms with van der Waals surface area (Å²) < 4.78 is 10.7. The van der Waals surface area contributed by atoms with Crippen molar-refractivity contribution in [3.63, 3.8) is 0 Å². The van der Waals surface area contributed by atoms with Crippen molar-refractivity contribution in [2.75, 3.05) is 0 Å². The lowest BCUT2D eigenvalue weighted by Gasteiger charge is -2.09. The fourth-order valence-electron chi connectivity index (χ4n) is 3.14. The lowest BCUT2D eigenvalue weighted by molar-refractivity contribution is -0.128. The molecule has 1 aromatic heterocycles. The first-order valence-electron chi connectivity index (χ1n) is 9.61. The molecule has 34 heavy (non-hydrogen) atoms. The molecule has 0 saturated heterocycles. The van der Waals surface area contributed by atoms with Crippen LogP contribution < -0.4 is 10.2 Å². The standard InChI is InChI=1S/C24H16O10/c25-14-4-1-11(7-16(14)27)2-6-20(30)33-13-9-18(29)21-19(10-13)34-24(23(32)22(21)31)12-3-5-15(26)17(28)8-12/h1-10,25-29,32H. The van der Waals surface area contributed by atoms with Gasteiger partial charge in [-0.05, 0) is 42.0 Å². The average Bonchev–Trinajstić information content (AvgIpc) is 2.78. The van der Waals surface area contributed by atoms with E-state index in [1.165, 1.54) is 30.3 Å². The topological polar surface area (TPSA) is 178 Å². The molecular weight excluding hydrogens is 448 g/mol. The zero-order chi connectivity index (χ0) is 24.6. The van der Waals surface area contributed by atoms with Gasteiger partial charge in [0, 0.05) is 23.8 Å². The molecule has 10 heteroatoms. The van der Waals surface area contributed by atoms with E-state index in [1.54, 1.807) is 0 Å².